The van der Waals surface area contributed by atoms with Crippen LogP contribution < -0.4 is 10.6 Å². The number of carbonyl (C=O) groups excluding carboxylic acids is 2. The van der Waals surface area contributed by atoms with E-state index in [2.05, 4.69) is 20.6 Å². The molecule has 0 saturated carbocycles. The van der Waals surface area contributed by atoms with E-state index >= 15 is 0 Å². The number of imidazole rings is 1. The first-order valence-corrected chi connectivity index (χ1v) is 6.86. The highest BCUT2D eigenvalue weighted by molar-refractivity contribution is 5.97. The molecule has 1 aliphatic heterocycles. The number of rotatable bonds is 3. The number of aromatic amines is 1. The second kappa shape index (κ2) is 5.40. The largest absolute Gasteiger partial charge is 0.354 e. The lowest BCUT2D eigenvalue weighted by molar-refractivity contribution is -0.120. The summed E-state index contributed by atoms with van der Waals surface area (Å²) in [6.07, 6.45) is 0.611. The fourth-order valence-corrected chi connectivity index (χ4v) is 2.37. The van der Waals surface area contributed by atoms with Gasteiger partial charge in [0.1, 0.15) is 17.6 Å². The van der Waals surface area contributed by atoms with E-state index in [9.17, 15) is 9.59 Å². The monoisotopic (exact) mass is 284 g/mol. The van der Waals surface area contributed by atoms with Gasteiger partial charge in [0.25, 0.3) is 5.91 Å². The maximum absolute atomic E-state index is 12.2. The summed E-state index contributed by atoms with van der Waals surface area (Å²) < 4.78 is 0. The van der Waals surface area contributed by atoms with Gasteiger partial charge >= 0.3 is 0 Å². The van der Waals surface area contributed by atoms with Gasteiger partial charge in [0, 0.05) is 17.8 Å². The summed E-state index contributed by atoms with van der Waals surface area (Å²) in [7, 11) is 0. The number of aromatic nitrogens is 2. The molecule has 6 nitrogen and oxygen atoms in total. The molecule has 6 heteroatoms. The SMILES string of the molecule is Cc1[nH]c(-c2ccccc2)nc1C(=O)NC1CCNC1=O. The van der Waals surface area contributed by atoms with Crippen LogP contribution in [0.3, 0.4) is 0 Å². The van der Waals surface area contributed by atoms with E-state index in [1.165, 1.54) is 0 Å². The van der Waals surface area contributed by atoms with Crippen LogP contribution in [0.5, 0.6) is 0 Å². The molecule has 1 saturated heterocycles. The smallest absolute Gasteiger partial charge is 0.272 e. The second-order valence-corrected chi connectivity index (χ2v) is 5.03. The van der Waals surface area contributed by atoms with Crippen molar-refractivity contribution in [3.63, 3.8) is 0 Å². The van der Waals surface area contributed by atoms with Crippen molar-refractivity contribution < 1.29 is 9.59 Å². The zero-order valence-electron chi connectivity index (χ0n) is 11.6. The molecule has 0 radical (unpaired) electrons. The average Bonchev–Trinajstić information content (AvgIpc) is 3.06. The van der Waals surface area contributed by atoms with Gasteiger partial charge in [-0.3, -0.25) is 9.59 Å². The van der Waals surface area contributed by atoms with E-state index in [0.717, 1.165) is 5.56 Å². The quantitative estimate of drug-likeness (QED) is 0.786. The van der Waals surface area contributed by atoms with Gasteiger partial charge in [-0.25, -0.2) is 4.98 Å². The van der Waals surface area contributed by atoms with Gasteiger partial charge < -0.3 is 15.6 Å². The third kappa shape index (κ3) is 2.65. The minimum absolute atomic E-state index is 0.139. The third-order valence-electron chi connectivity index (χ3n) is 3.50. The van der Waals surface area contributed by atoms with Gasteiger partial charge in [-0.1, -0.05) is 30.3 Å². The number of benzene rings is 1. The van der Waals surface area contributed by atoms with Crippen LogP contribution in [0.4, 0.5) is 0 Å². The summed E-state index contributed by atoms with van der Waals surface area (Å²) in [4.78, 5) is 31.2. The lowest BCUT2D eigenvalue weighted by atomic mass is 10.2. The van der Waals surface area contributed by atoms with E-state index in [1.54, 1.807) is 6.92 Å². The Bertz CT molecular complexity index is 678. The molecular weight excluding hydrogens is 268 g/mol. The molecule has 1 aliphatic rings. The fourth-order valence-electron chi connectivity index (χ4n) is 2.37. The van der Waals surface area contributed by atoms with Crippen LogP contribution >= 0.6 is 0 Å². The Morgan fingerprint density at radius 1 is 1.33 bits per heavy atom. The predicted octanol–water partition coefficient (Wildman–Crippen LogP) is 1.00. The van der Waals surface area contributed by atoms with Gasteiger partial charge in [-0.05, 0) is 13.3 Å². The summed E-state index contributed by atoms with van der Waals surface area (Å²) in [6.45, 7) is 2.39. The van der Waals surface area contributed by atoms with Crippen molar-refractivity contribution in [3.8, 4) is 11.4 Å². The van der Waals surface area contributed by atoms with Gasteiger partial charge in [-0.15, -0.1) is 0 Å². The normalized spacial score (nSPS) is 17.6. The zero-order valence-corrected chi connectivity index (χ0v) is 11.6. The summed E-state index contributed by atoms with van der Waals surface area (Å²) in [5.74, 6) is 0.182. The van der Waals surface area contributed by atoms with Gasteiger partial charge in [-0.2, -0.15) is 0 Å². The molecule has 1 aromatic carbocycles. The third-order valence-corrected chi connectivity index (χ3v) is 3.50. The Labute approximate surface area is 122 Å². The highest BCUT2D eigenvalue weighted by Gasteiger charge is 2.27. The van der Waals surface area contributed by atoms with E-state index in [0.29, 0.717) is 30.2 Å². The van der Waals surface area contributed by atoms with E-state index in [4.69, 9.17) is 0 Å². The van der Waals surface area contributed by atoms with Crippen molar-refractivity contribution in [2.75, 3.05) is 6.54 Å². The van der Waals surface area contributed by atoms with Crippen LogP contribution in [-0.2, 0) is 4.79 Å². The molecule has 1 unspecified atom stereocenters. The lowest BCUT2D eigenvalue weighted by Crippen LogP contribution is -2.40. The molecular formula is C15H16N4O2. The molecule has 1 atom stereocenters. The minimum atomic E-state index is -0.464. The molecule has 1 fully saturated rings. The highest BCUT2D eigenvalue weighted by atomic mass is 16.2. The first-order valence-electron chi connectivity index (χ1n) is 6.86. The number of amides is 2. The van der Waals surface area contributed by atoms with Gasteiger partial charge in [0.05, 0.1) is 0 Å². The molecule has 3 N–H and O–H groups in total. The maximum atomic E-state index is 12.2. The number of nitrogens with zero attached hydrogens (tertiary/aromatic N) is 1. The van der Waals surface area contributed by atoms with E-state index < -0.39 is 6.04 Å². The van der Waals surface area contributed by atoms with Crippen LogP contribution in [0.15, 0.2) is 30.3 Å². The Hall–Kier alpha value is -2.63. The van der Waals surface area contributed by atoms with Crippen LogP contribution in [-0.4, -0.2) is 34.4 Å². The molecule has 1 aromatic heterocycles. The number of hydrogen-bond acceptors (Lipinski definition) is 3. The number of nitrogens with one attached hydrogen (secondary N) is 3. The minimum Gasteiger partial charge on any atom is -0.354 e. The Kier molecular flexibility index (Phi) is 3.43. The van der Waals surface area contributed by atoms with Crippen LogP contribution in [0, 0.1) is 6.92 Å². The number of aryl methyl sites for hydroxylation is 1. The molecule has 2 heterocycles. The maximum Gasteiger partial charge on any atom is 0.272 e. The number of carbonyl (C=O) groups is 2. The fraction of sp³-hybridized carbons (Fsp3) is 0.267. The predicted molar refractivity (Wildman–Crippen MR) is 77.6 cm³/mol. The molecule has 2 aromatic rings. The first kappa shape index (κ1) is 13.4. The average molecular weight is 284 g/mol. The Morgan fingerprint density at radius 3 is 2.76 bits per heavy atom. The zero-order chi connectivity index (χ0) is 14.8. The standard InChI is InChI=1S/C15H16N4O2/c1-9-12(15(21)18-11-7-8-16-14(11)20)19-13(17-9)10-5-3-2-4-6-10/h2-6,11H,7-8H2,1H3,(H,16,20)(H,17,19)(H,18,21). The molecule has 108 valence electrons. The summed E-state index contributed by atoms with van der Waals surface area (Å²) in [5, 5.41) is 5.41. The lowest BCUT2D eigenvalue weighted by Gasteiger charge is -2.08. The van der Waals surface area contributed by atoms with E-state index in [1.807, 2.05) is 30.3 Å². The number of hydrogen-bond donors (Lipinski definition) is 3. The summed E-state index contributed by atoms with van der Waals surface area (Å²) in [6, 6.07) is 9.13. The summed E-state index contributed by atoms with van der Waals surface area (Å²) >= 11 is 0. The molecule has 2 amide bonds. The van der Waals surface area contributed by atoms with Gasteiger partial charge in [0.2, 0.25) is 5.91 Å². The Balaban J connectivity index is 1.81. The molecule has 0 bridgehead atoms. The van der Waals surface area contributed by atoms with Crippen molar-refractivity contribution in [1.82, 2.24) is 20.6 Å². The number of H-pyrrole nitrogens is 1. The second-order valence-electron chi connectivity index (χ2n) is 5.03. The van der Waals surface area contributed by atoms with Crippen molar-refractivity contribution in [1.29, 1.82) is 0 Å². The van der Waals surface area contributed by atoms with E-state index in [-0.39, 0.29) is 11.8 Å². The topological polar surface area (TPSA) is 86.9 Å². The van der Waals surface area contributed by atoms with Crippen LogP contribution in [0.2, 0.25) is 0 Å². The van der Waals surface area contributed by atoms with Crippen LogP contribution in [0.1, 0.15) is 22.6 Å². The van der Waals surface area contributed by atoms with Crippen molar-refractivity contribution >= 4 is 11.8 Å². The molecule has 3 rings (SSSR count). The summed E-state index contributed by atoms with van der Waals surface area (Å²) in [5.41, 5.74) is 1.93. The van der Waals surface area contributed by atoms with Crippen LogP contribution in [0.25, 0.3) is 11.4 Å². The molecule has 0 spiro atoms. The highest BCUT2D eigenvalue weighted by Crippen LogP contribution is 2.17. The van der Waals surface area contributed by atoms with Crippen molar-refractivity contribution in [2.45, 2.75) is 19.4 Å². The van der Waals surface area contributed by atoms with Crippen molar-refractivity contribution in [3.05, 3.63) is 41.7 Å². The first-order chi connectivity index (χ1) is 10.1. The van der Waals surface area contributed by atoms with Gasteiger partial charge in [0.15, 0.2) is 0 Å². The Morgan fingerprint density at radius 2 is 2.10 bits per heavy atom. The van der Waals surface area contributed by atoms with Crippen molar-refractivity contribution in [2.24, 2.45) is 0 Å². The molecule has 0 aliphatic carbocycles. The molecule has 21 heavy (non-hydrogen) atoms.